The van der Waals surface area contributed by atoms with Crippen LogP contribution < -0.4 is 10.5 Å². The van der Waals surface area contributed by atoms with Crippen molar-refractivity contribution in [2.24, 2.45) is 5.73 Å². The molecule has 0 saturated carbocycles. The summed E-state index contributed by atoms with van der Waals surface area (Å²) in [5.41, 5.74) is 8.42. The van der Waals surface area contributed by atoms with Gasteiger partial charge in [-0.2, -0.15) is 0 Å². The third kappa shape index (κ3) is 1.30. The monoisotopic (exact) mass is 191 g/mol. The van der Waals surface area contributed by atoms with Gasteiger partial charge in [-0.05, 0) is 6.92 Å². The summed E-state index contributed by atoms with van der Waals surface area (Å²) in [4.78, 5) is 0. The van der Waals surface area contributed by atoms with Gasteiger partial charge >= 0.3 is 0 Å². The van der Waals surface area contributed by atoms with Crippen molar-refractivity contribution < 1.29 is 4.74 Å². The first-order chi connectivity index (χ1) is 6.52. The smallest absolute Gasteiger partial charge is 0.127 e. The molecular weight excluding hydrogens is 174 g/mol. The van der Waals surface area contributed by atoms with Gasteiger partial charge in [-0.1, -0.05) is 32.0 Å². The van der Waals surface area contributed by atoms with Crippen molar-refractivity contribution in [2.75, 3.05) is 6.61 Å². The minimum atomic E-state index is 0.0406. The quantitative estimate of drug-likeness (QED) is 0.739. The molecule has 0 aromatic heterocycles. The van der Waals surface area contributed by atoms with E-state index < -0.39 is 0 Å². The zero-order valence-electron chi connectivity index (χ0n) is 9.00. The van der Waals surface area contributed by atoms with Gasteiger partial charge in [0.2, 0.25) is 0 Å². The molecule has 0 aliphatic carbocycles. The Morgan fingerprint density at radius 3 is 2.79 bits per heavy atom. The lowest BCUT2D eigenvalue weighted by molar-refractivity contribution is 0.288. The Bertz CT molecular complexity index is 355. The molecule has 2 rings (SSSR count). The first-order valence-electron chi connectivity index (χ1n) is 5.04. The van der Waals surface area contributed by atoms with Crippen molar-refractivity contribution >= 4 is 0 Å². The van der Waals surface area contributed by atoms with Crippen LogP contribution in [0.1, 0.15) is 37.9 Å². The van der Waals surface area contributed by atoms with E-state index in [0.29, 0.717) is 0 Å². The van der Waals surface area contributed by atoms with Crippen molar-refractivity contribution in [3.8, 4) is 5.75 Å². The van der Waals surface area contributed by atoms with Crippen LogP contribution in [0, 0.1) is 0 Å². The van der Waals surface area contributed by atoms with Crippen molar-refractivity contribution in [2.45, 2.75) is 32.2 Å². The summed E-state index contributed by atoms with van der Waals surface area (Å²) in [6.45, 7) is 7.14. The topological polar surface area (TPSA) is 35.2 Å². The van der Waals surface area contributed by atoms with Crippen molar-refractivity contribution in [1.29, 1.82) is 0 Å². The van der Waals surface area contributed by atoms with Crippen LogP contribution in [0.3, 0.4) is 0 Å². The molecule has 1 aliphatic heterocycles. The van der Waals surface area contributed by atoms with E-state index in [4.69, 9.17) is 10.5 Å². The van der Waals surface area contributed by atoms with Gasteiger partial charge < -0.3 is 10.5 Å². The molecule has 0 saturated heterocycles. The number of benzene rings is 1. The van der Waals surface area contributed by atoms with Crippen LogP contribution in [0.4, 0.5) is 0 Å². The number of hydrogen-bond donors (Lipinski definition) is 1. The molecule has 0 bridgehead atoms. The minimum absolute atomic E-state index is 0.0406. The van der Waals surface area contributed by atoms with Crippen LogP contribution in [-0.2, 0) is 5.41 Å². The minimum Gasteiger partial charge on any atom is -0.492 e. The first-order valence-corrected chi connectivity index (χ1v) is 5.04. The Kier molecular flexibility index (Phi) is 2.04. The lowest BCUT2D eigenvalue weighted by Gasteiger charge is -2.15. The molecule has 1 aromatic rings. The fourth-order valence-electron chi connectivity index (χ4n) is 1.94. The van der Waals surface area contributed by atoms with Gasteiger partial charge in [0, 0.05) is 22.6 Å². The maximum absolute atomic E-state index is 5.90. The number of para-hydroxylation sites is 1. The molecule has 76 valence electrons. The predicted octanol–water partition coefficient (Wildman–Crippen LogP) is 2.38. The molecule has 2 N–H and O–H groups in total. The molecule has 1 unspecified atom stereocenters. The molecule has 0 amide bonds. The molecule has 1 aliphatic rings. The van der Waals surface area contributed by atoms with Crippen LogP contribution in [-0.4, -0.2) is 6.61 Å². The highest BCUT2D eigenvalue weighted by atomic mass is 16.5. The Labute approximate surface area is 85.1 Å². The standard InChI is InChI=1S/C12H17NO/c1-8(13)9-5-4-6-10-11(9)14-7-12(10,2)3/h4-6,8H,7,13H2,1-3H3. The Morgan fingerprint density at radius 1 is 1.43 bits per heavy atom. The van der Waals surface area contributed by atoms with E-state index in [2.05, 4.69) is 26.0 Å². The average molecular weight is 191 g/mol. The average Bonchev–Trinajstić information content (AvgIpc) is 2.42. The molecule has 1 atom stereocenters. The maximum Gasteiger partial charge on any atom is 0.127 e. The summed E-state index contributed by atoms with van der Waals surface area (Å²) in [5.74, 6) is 1.01. The highest BCUT2D eigenvalue weighted by Crippen LogP contribution is 2.41. The van der Waals surface area contributed by atoms with Crippen LogP contribution >= 0.6 is 0 Å². The van der Waals surface area contributed by atoms with E-state index in [1.165, 1.54) is 5.56 Å². The van der Waals surface area contributed by atoms with Gasteiger partial charge in [0.15, 0.2) is 0 Å². The van der Waals surface area contributed by atoms with E-state index in [1.54, 1.807) is 0 Å². The van der Waals surface area contributed by atoms with Crippen LogP contribution in [0.5, 0.6) is 5.75 Å². The third-order valence-electron chi connectivity index (χ3n) is 2.84. The van der Waals surface area contributed by atoms with E-state index in [1.807, 2.05) is 13.0 Å². The summed E-state index contributed by atoms with van der Waals surface area (Å²) in [5, 5.41) is 0. The van der Waals surface area contributed by atoms with Gasteiger partial charge in [0.05, 0.1) is 6.61 Å². The first kappa shape index (κ1) is 9.53. The number of nitrogens with two attached hydrogens (primary N) is 1. The van der Waals surface area contributed by atoms with Crippen LogP contribution in [0.25, 0.3) is 0 Å². The zero-order chi connectivity index (χ0) is 10.3. The molecule has 2 heteroatoms. The summed E-state index contributed by atoms with van der Waals surface area (Å²) in [6.07, 6.45) is 0. The second kappa shape index (κ2) is 2.99. The van der Waals surface area contributed by atoms with E-state index in [-0.39, 0.29) is 11.5 Å². The van der Waals surface area contributed by atoms with E-state index in [0.717, 1.165) is 17.9 Å². The normalized spacial score (nSPS) is 20.0. The zero-order valence-corrected chi connectivity index (χ0v) is 9.00. The molecule has 0 spiro atoms. The summed E-state index contributed by atoms with van der Waals surface area (Å²) in [6, 6.07) is 6.28. The lowest BCUT2D eigenvalue weighted by Crippen LogP contribution is -2.18. The Balaban J connectivity index is 2.56. The van der Waals surface area contributed by atoms with Gasteiger partial charge in [-0.3, -0.25) is 0 Å². The van der Waals surface area contributed by atoms with Crippen molar-refractivity contribution in [1.82, 2.24) is 0 Å². The molecule has 0 fully saturated rings. The second-order valence-electron chi connectivity index (χ2n) is 4.69. The third-order valence-corrected chi connectivity index (χ3v) is 2.84. The van der Waals surface area contributed by atoms with E-state index in [9.17, 15) is 0 Å². The number of ether oxygens (including phenoxy) is 1. The summed E-state index contributed by atoms with van der Waals surface area (Å²) < 4.78 is 5.73. The fourth-order valence-corrected chi connectivity index (χ4v) is 1.94. The van der Waals surface area contributed by atoms with Crippen molar-refractivity contribution in [3.05, 3.63) is 29.3 Å². The molecule has 14 heavy (non-hydrogen) atoms. The van der Waals surface area contributed by atoms with Gasteiger partial charge in [-0.15, -0.1) is 0 Å². The lowest BCUT2D eigenvalue weighted by atomic mass is 9.85. The number of fused-ring (bicyclic) bond motifs is 1. The SMILES string of the molecule is CC(N)c1cccc2c1OCC2(C)C. The summed E-state index contributed by atoms with van der Waals surface area (Å²) >= 11 is 0. The van der Waals surface area contributed by atoms with Gasteiger partial charge in [-0.25, -0.2) is 0 Å². The molecule has 2 nitrogen and oxygen atoms in total. The highest BCUT2D eigenvalue weighted by Gasteiger charge is 2.33. The molecule has 1 aromatic carbocycles. The van der Waals surface area contributed by atoms with E-state index >= 15 is 0 Å². The van der Waals surface area contributed by atoms with Crippen LogP contribution in [0.2, 0.25) is 0 Å². The molecule has 1 heterocycles. The Hall–Kier alpha value is -1.02. The van der Waals surface area contributed by atoms with Crippen molar-refractivity contribution in [3.63, 3.8) is 0 Å². The second-order valence-corrected chi connectivity index (χ2v) is 4.69. The number of rotatable bonds is 1. The Morgan fingerprint density at radius 2 is 2.14 bits per heavy atom. The number of hydrogen-bond acceptors (Lipinski definition) is 2. The maximum atomic E-state index is 5.90. The summed E-state index contributed by atoms with van der Waals surface area (Å²) in [7, 11) is 0. The van der Waals surface area contributed by atoms with Crippen LogP contribution in [0.15, 0.2) is 18.2 Å². The largest absolute Gasteiger partial charge is 0.492 e. The molecular formula is C12H17NO. The highest BCUT2D eigenvalue weighted by molar-refractivity contribution is 5.49. The molecule has 0 radical (unpaired) electrons. The van der Waals surface area contributed by atoms with Gasteiger partial charge in [0.1, 0.15) is 5.75 Å². The van der Waals surface area contributed by atoms with Gasteiger partial charge in [0.25, 0.3) is 0 Å². The fraction of sp³-hybridized carbons (Fsp3) is 0.500. The predicted molar refractivity (Wildman–Crippen MR) is 57.6 cm³/mol.